The van der Waals surface area contributed by atoms with Crippen LogP contribution in [0.5, 0.6) is 0 Å². The number of hydrogen-bond acceptors (Lipinski definition) is 4. The molecule has 1 heterocycles. The first-order valence-corrected chi connectivity index (χ1v) is 9.64. The Morgan fingerprint density at radius 2 is 2.00 bits per heavy atom. The van der Waals surface area contributed by atoms with Crippen LogP contribution in [0.3, 0.4) is 0 Å². The lowest BCUT2D eigenvalue weighted by Gasteiger charge is -2.27. The van der Waals surface area contributed by atoms with Crippen LogP contribution in [0.25, 0.3) is 0 Å². The zero-order chi connectivity index (χ0) is 18.8. The number of aryl methyl sites for hydroxylation is 1. The highest BCUT2D eigenvalue weighted by Gasteiger charge is 2.36. The average Bonchev–Trinajstić information content (AvgIpc) is 3.14. The molecule has 0 aliphatic carbocycles. The number of amides is 1. The Balaban J connectivity index is 1.87. The van der Waals surface area contributed by atoms with Gasteiger partial charge in [0.05, 0.1) is 6.04 Å². The number of benzene rings is 1. The molecule has 1 aromatic rings. The molecule has 0 unspecified atom stereocenters. The van der Waals surface area contributed by atoms with Gasteiger partial charge in [0.25, 0.3) is 0 Å². The van der Waals surface area contributed by atoms with Crippen molar-refractivity contribution in [2.45, 2.75) is 57.0 Å². The summed E-state index contributed by atoms with van der Waals surface area (Å²) >= 11 is 0. The molecule has 0 spiro atoms. The highest BCUT2D eigenvalue weighted by Crippen LogP contribution is 2.19. The van der Waals surface area contributed by atoms with E-state index in [-0.39, 0.29) is 11.9 Å². The number of carboxylic acid groups (broad SMARTS) is 1. The standard InChI is InChI=1S/C20H31N3O3/c21-13-5-4-11-17(19(24)23-15-7-12-18(23)20(25)26)22-14-6-10-16-8-2-1-3-9-16/h1-3,8-9,17-18,22H,4-7,10-15,21H2,(H,25,26)/t17-,18-/m0/s1. The van der Waals surface area contributed by atoms with Gasteiger partial charge < -0.3 is 21.1 Å². The minimum atomic E-state index is -0.902. The summed E-state index contributed by atoms with van der Waals surface area (Å²) in [5.41, 5.74) is 6.85. The molecule has 0 saturated carbocycles. The molecule has 1 fully saturated rings. The highest BCUT2D eigenvalue weighted by molar-refractivity contribution is 5.87. The van der Waals surface area contributed by atoms with Crippen LogP contribution in [0.1, 0.15) is 44.1 Å². The fourth-order valence-corrected chi connectivity index (χ4v) is 3.51. The van der Waals surface area contributed by atoms with E-state index in [0.717, 1.165) is 38.6 Å². The Hall–Kier alpha value is -1.92. The number of carbonyl (C=O) groups excluding carboxylic acids is 1. The minimum absolute atomic E-state index is 0.0772. The summed E-state index contributed by atoms with van der Waals surface area (Å²) in [6.45, 7) is 1.88. The van der Waals surface area contributed by atoms with Crippen LogP contribution >= 0.6 is 0 Å². The summed E-state index contributed by atoms with van der Waals surface area (Å²) in [4.78, 5) is 25.8. The zero-order valence-corrected chi connectivity index (χ0v) is 15.4. The molecule has 0 radical (unpaired) electrons. The van der Waals surface area contributed by atoms with E-state index in [1.165, 1.54) is 5.56 Å². The van der Waals surface area contributed by atoms with Crippen LogP contribution in [-0.4, -0.2) is 53.6 Å². The zero-order valence-electron chi connectivity index (χ0n) is 15.4. The van der Waals surface area contributed by atoms with Crippen molar-refractivity contribution in [2.75, 3.05) is 19.6 Å². The second-order valence-electron chi connectivity index (χ2n) is 6.91. The normalized spacial score (nSPS) is 18.0. The van der Waals surface area contributed by atoms with Crippen LogP contribution in [-0.2, 0) is 16.0 Å². The number of nitrogens with zero attached hydrogens (tertiary/aromatic N) is 1. The van der Waals surface area contributed by atoms with E-state index >= 15 is 0 Å². The van der Waals surface area contributed by atoms with Crippen LogP contribution in [0.15, 0.2) is 30.3 Å². The van der Waals surface area contributed by atoms with Crippen molar-refractivity contribution >= 4 is 11.9 Å². The Morgan fingerprint density at radius 3 is 2.69 bits per heavy atom. The number of hydrogen-bond donors (Lipinski definition) is 3. The number of nitrogens with one attached hydrogen (secondary N) is 1. The van der Waals surface area contributed by atoms with Gasteiger partial charge in [0.2, 0.25) is 5.91 Å². The molecule has 1 aliphatic heterocycles. The van der Waals surface area contributed by atoms with Gasteiger partial charge in [-0.25, -0.2) is 4.79 Å². The van der Waals surface area contributed by atoms with E-state index < -0.39 is 12.0 Å². The van der Waals surface area contributed by atoms with Crippen LogP contribution < -0.4 is 11.1 Å². The summed E-state index contributed by atoms with van der Waals surface area (Å²) in [5, 5.41) is 12.7. The van der Waals surface area contributed by atoms with Crippen molar-refractivity contribution in [3.05, 3.63) is 35.9 Å². The quantitative estimate of drug-likeness (QED) is 0.522. The lowest BCUT2D eigenvalue weighted by atomic mass is 10.1. The summed E-state index contributed by atoms with van der Waals surface area (Å²) in [7, 11) is 0. The van der Waals surface area contributed by atoms with Gasteiger partial charge in [-0.2, -0.15) is 0 Å². The molecule has 0 bridgehead atoms. The molecular weight excluding hydrogens is 330 g/mol. The van der Waals surface area contributed by atoms with Crippen molar-refractivity contribution in [1.29, 1.82) is 0 Å². The molecule has 1 aromatic carbocycles. The Morgan fingerprint density at radius 1 is 1.23 bits per heavy atom. The van der Waals surface area contributed by atoms with E-state index in [1.807, 2.05) is 18.2 Å². The number of carboxylic acids is 1. The predicted molar refractivity (Wildman–Crippen MR) is 102 cm³/mol. The van der Waals surface area contributed by atoms with Crippen LogP contribution in [0, 0.1) is 0 Å². The molecule has 6 nitrogen and oxygen atoms in total. The van der Waals surface area contributed by atoms with Crippen molar-refractivity contribution in [1.82, 2.24) is 10.2 Å². The SMILES string of the molecule is NCCCC[C@H](NCCCc1ccccc1)C(=O)N1CCC[C@H]1C(=O)O. The average molecular weight is 361 g/mol. The van der Waals surface area contributed by atoms with E-state index in [0.29, 0.717) is 25.9 Å². The smallest absolute Gasteiger partial charge is 0.326 e. The van der Waals surface area contributed by atoms with E-state index in [9.17, 15) is 14.7 Å². The molecule has 144 valence electrons. The maximum Gasteiger partial charge on any atom is 0.326 e. The molecule has 6 heteroatoms. The number of unbranched alkanes of at least 4 members (excludes halogenated alkanes) is 1. The predicted octanol–water partition coefficient (Wildman–Crippen LogP) is 1.78. The summed E-state index contributed by atoms with van der Waals surface area (Å²) in [6, 6.07) is 9.27. The lowest BCUT2D eigenvalue weighted by Crippen LogP contribution is -2.50. The van der Waals surface area contributed by atoms with Gasteiger partial charge in [-0.05, 0) is 57.2 Å². The molecule has 0 aromatic heterocycles. The highest BCUT2D eigenvalue weighted by atomic mass is 16.4. The summed E-state index contributed by atoms with van der Waals surface area (Å²) in [5.74, 6) is -0.979. The number of carbonyl (C=O) groups is 2. The molecule has 2 atom stereocenters. The summed E-state index contributed by atoms with van der Waals surface area (Å²) in [6.07, 6.45) is 5.63. The maximum absolute atomic E-state index is 12.9. The molecular formula is C20H31N3O3. The number of nitrogens with two attached hydrogens (primary N) is 1. The van der Waals surface area contributed by atoms with Gasteiger partial charge in [-0.15, -0.1) is 0 Å². The number of rotatable bonds is 11. The molecule has 26 heavy (non-hydrogen) atoms. The fraction of sp³-hybridized carbons (Fsp3) is 0.600. The molecule has 4 N–H and O–H groups in total. The molecule has 2 rings (SSSR count). The van der Waals surface area contributed by atoms with Crippen molar-refractivity contribution in [3.63, 3.8) is 0 Å². The van der Waals surface area contributed by atoms with Gasteiger partial charge >= 0.3 is 5.97 Å². The van der Waals surface area contributed by atoms with Gasteiger partial charge in [0.15, 0.2) is 0 Å². The fourth-order valence-electron chi connectivity index (χ4n) is 3.51. The first kappa shape index (κ1) is 20.4. The lowest BCUT2D eigenvalue weighted by molar-refractivity contribution is -0.149. The molecule has 1 saturated heterocycles. The van der Waals surface area contributed by atoms with E-state index in [1.54, 1.807) is 4.90 Å². The Kier molecular flexibility index (Phi) is 8.58. The van der Waals surface area contributed by atoms with Crippen molar-refractivity contribution in [2.24, 2.45) is 5.73 Å². The second kappa shape index (κ2) is 10.9. The van der Waals surface area contributed by atoms with Crippen LogP contribution in [0.2, 0.25) is 0 Å². The van der Waals surface area contributed by atoms with Crippen LogP contribution in [0.4, 0.5) is 0 Å². The molecule has 1 amide bonds. The third-order valence-electron chi connectivity index (χ3n) is 4.94. The first-order chi connectivity index (χ1) is 12.6. The van der Waals surface area contributed by atoms with Crippen molar-refractivity contribution < 1.29 is 14.7 Å². The van der Waals surface area contributed by atoms with E-state index in [4.69, 9.17) is 5.73 Å². The first-order valence-electron chi connectivity index (χ1n) is 9.64. The van der Waals surface area contributed by atoms with Gasteiger partial charge in [0, 0.05) is 6.54 Å². The third-order valence-corrected chi connectivity index (χ3v) is 4.94. The summed E-state index contributed by atoms with van der Waals surface area (Å²) < 4.78 is 0. The Bertz CT molecular complexity index is 565. The van der Waals surface area contributed by atoms with Gasteiger partial charge in [-0.3, -0.25) is 4.79 Å². The second-order valence-corrected chi connectivity index (χ2v) is 6.91. The Labute approximate surface area is 155 Å². The third kappa shape index (κ3) is 6.11. The minimum Gasteiger partial charge on any atom is -0.480 e. The monoisotopic (exact) mass is 361 g/mol. The van der Waals surface area contributed by atoms with Gasteiger partial charge in [0.1, 0.15) is 6.04 Å². The van der Waals surface area contributed by atoms with Crippen molar-refractivity contribution in [3.8, 4) is 0 Å². The topological polar surface area (TPSA) is 95.7 Å². The number of likely N-dealkylation sites (tertiary alicyclic amines) is 1. The largest absolute Gasteiger partial charge is 0.480 e. The molecule has 1 aliphatic rings. The maximum atomic E-state index is 12.9. The van der Waals surface area contributed by atoms with Gasteiger partial charge in [-0.1, -0.05) is 36.8 Å². The number of aliphatic carboxylic acids is 1. The van der Waals surface area contributed by atoms with E-state index in [2.05, 4.69) is 17.4 Å².